The van der Waals surface area contributed by atoms with Crippen LogP contribution in [0.15, 0.2) is 53.9 Å². The topological polar surface area (TPSA) is 89.3 Å². The van der Waals surface area contributed by atoms with Crippen LogP contribution in [0.5, 0.6) is 0 Å². The van der Waals surface area contributed by atoms with E-state index in [9.17, 15) is 13.6 Å². The standard InChI is InChI=1S/C33H34F3N7O2/c1-18(34)15-45-17-41-13-20(3)42(14-19(41)2)31-24-12-26(36)29(23-6-4-5-7-25(23)35)39-32(24)43(33(44)40-31)30-27(21-8-9-21)37-16-38-28(30)22-10-11-22/h4-7,12,16,19-22H,1,8-11,13-15,17H2,2-3H3/t19-,20+/m1/s1. The fraction of sp³-hybridized carbons (Fsp3) is 0.424. The molecule has 0 spiro atoms. The summed E-state index contributed by atoms with van der Waals surface area (Å²) < 4.78 is 51.0. The first kappa shape index (κ1) is 29.5. The Labute approximate surface area is 258 Å². The highest BCUT2D eigenvalue weighted by molar-refractivity contribution is 5.90. The zero-order chi connectivity index (χ0) is 31.4. The van der Waals surface area contributed by atoms with E-state index >= 15 is 4.39 Å². The first-order valence-electron chi connectivity index (χ1n) is 15.4. The lowest BCUT2D eigenvalue weighted by molar-refractivity contribution is 0.00240. The highest BCUT2D eigenvalue weighted by Crippen LogP contribution is 2.47. The van der Waals surface area contributed by atoms with Gasteiger partial charge in [-0.15, -0.1) is 0 Å². The molecule has 0 amide bonds. The second kappa shape index (κ2) is 11.6. The van der Waals surface area contributed by atoms with Crippen LogP contribution in [0.2, 0.25) is 0 Å². The molecule has 3 fully saturated rings. The number of hydrogen-bond acceptors (Lipinski definition) is 8. The zero-order valence-corrected chi connectivity index (χ0v) is 25.2. The van der Waals surface area contributed by atoms with Gasteiger partial charge in [-0.05, 0) is 57.7 Å². The quantitative estimate of drug-likeness (QED) is 0.239. The van der Waals surface area contributed by atoms with Gasteiger partial charge in [-0.3, -0.25) is 4.90 Å². The molecule has 9 nitrogen and oxygen atoms in total. The number of pyridine rings is 1. The Kier molecular flexibility index (Phi) is 7.65. The van der Waals surface area contributed by atoms with Crippen LogP contribution in [0.1, 0.15) is 62.8 Å². The second-order valence-corrected chi connectivity index (χ2v) is 12.4. The third-order valence-corrected chi connectivity index (χ3v) is 8.86. The fourth-order valence-corrected chi connectivity index (χ4v) is 6.26. The van der Waals surface area contributed by atoms with E-state index in [1.807, 2.05) is 18.7 Å². The Bertz CT molecular complexity index is 1830. The van der Waals surface area contributed by atoms with Crippen molar-refractivity contribution in [3.05, 3.63) is 82.6 Å². The van der Waals surface area contributed by atoms with E-state index in [1.165, 1.54) is 28.8 Å². The maximum Gasteiger partial charge on any atom is 0.355 e. The molecule has 2 saturated carbocycles. The van der Waals surface area contributed by atoms with Crippen molar-refractivity contribution in [2.75, 3.05) is 31.3 Å². The summed E-state index contributed by atoms with van der Waals surface area (Å²) in [5.41, 5.74) is 1.48. The predicted octanol–water partition coefficient (Wildman–Crippen LogP) is 5.63. The number of piperazine rings is 1. The molecule has 1 aliphatic heterocycles. The summed E-state index contributed by atoms with van der Waals surface area (Å²) >= 11 is 0. The van der Waals surface area contributed by atoms with Gasteiger partial charge in [0, 0.05) is 42.6 Å². The van der Waals surface area contributed by atoms with Crippen molar-refractivity contribution in [1.29, 1.82) is 0 Å². The van der Waals surface area contributed by atoms with Crippen LogP contribution < -0.4 is 10.6 Å². The zero-order valence-electron chi connectivity index (χ0n) is 25.2. The van der Waals surface area contributed by atoms with Crippen molar-refractivity contribution >= 4 is 16.9 Å². The Hall–Kier alpha value is -4.16. The molecule has 4 heterocycles. The van der Waals surface area contributed by atoms with Gasteiger partial charge in [0.05, 0.1) is 35.8 Å². The molecule has 4 aromatic rings. The minimum Gasteiger partial charge on any atom is -0.359 e. The molecule has 1 saturated heterocycles. The number of hydrogen-bond donors (Lipinski definition) is 0. The molecule has 2 aliphatic carbocycles. The summed E-state index contributed by atoms with van der Waals surface area (Å²) in [6, 6.07) is 6.95. The molecule has 2 atom stereocenters. The van der Waals surface area contributed by atoms with E-state index < -0.39 is 23.2 Å². The smallest absolute Gasteiger partial charge is 0.355 e. The molecular weight excluding hydrogens is 583 g/mol. The molecule has 1 aromatic carbocycles. The van der Waals surface area contributed by atoms with Gasteiger partial charge in [-0.1, -0.05) is 18.7 Å². The average Bonchev–Trinajstić information content (AvgIpc) is 3.93. The highest BCUT2D eigenvalue weighted by atomic mass is 19.1. The van der Waals surface area contributed by atoms with Gasteiger partial charge in [-0.2, -0.15) is 4.98 Å². The fourth-order valence-electron chi connectivity index (χ4n) is 6.26. The number of anilines is 1. The van der Waals surface area contributed by atoms with Crippen molar-refractivity contribution in [3.8, 4) is 16.9 Å². The monoisotopic (exact) mass is 617 g/mol. The molecule has 12 heteroatoms. The number of nitrogens with zero attached hydrogens (tertiary/aromatic N) is 7. The van der Waals surface area contributed by atoms with Crippen LogP contribution in [0.4, 0.5) is 19.0 Å². The van der Waals surface area contributed by atoms with Gasteiger partial charge in [0.25, 0.3) is 0 Å². The van der Waals surface area contributed by atoms with E-state index in [-0.39, 0.29) is 54.2 Å². The highest BCUT2D eigenvalue weighted by Gasteiger charge is 2.37. The van der Waals surface area contributed by atoms with E-state index in [2.05, 4.69) is 26.4 Å². The minimum atomic E-state index is -0.728. The van der Waals surface area contributed by atoms with Crippen LogP contribution in [-0.4, -0.2) is 67.9 Å². The van der Waals surface area contributed by atoms with Crippen molar-refractivity contribution in [3.63, 3.8) is 0 Å². The maximum absolute atomic E-state index is 16.0. The molecule has 3 aromatic heterocycles. The predicted molar refractivity (Wildman–Crippen MR) is 164 cm³/mol. The third-order valence-electron chi connectivity index (χ3n) is 8.86. The minimum absolute atomic E-state index is 0.00466. The van der Waals surface area contributed by atoms with Gasteiger partial charge in [-0.25, -0.2) is 37.5 Å². The number of aromatic nitrogens is 5. The van der Waals surface area contributed by atoms with E-state index in [1.54, 1.807) is 12.4 Å². The SMILES string of the molecule is C=C(F)COCN1C[C@H](C)N(c2nc(=O)n(-c3c(C4CC4)ncnc3C3CC3)c3nc(-c4ccccc4F)c(F)cc23)C[C@H]1C. The van der Waals surface area contributed by atoms with Gasteiger partial charge < -0.3 is 9.64 Å². The normalized spacial score (nSPS) is 20.6. The Balaban J connectivity index is 1.41. The van der Waals surface area contributed by atoms with Crippen LogP contribution in [0.25, 0.3) is 28.0 Å². The summed E-state index contributed by atoms with van der Waals surface area (Å²) in [7, 11) is 0. The summed E-state index contributed by atoms with van der Waals surface area (Å²) in [6.45, 7) is 8.21. The molecule has 0 bridgehead atoms. The number of rotatable bonds is 9. The largest absolute Gasteiger partial charge is 0.359 e. The number of fused-ring (bicyclic) bond motifs is 1. The van der Waals surface area contributed by atoms with Gasteiger partial charge >= 0.3 is 5.69 Å². The molecule has 45 heavy (non-hydrogen) atoms. The van der Waals surface area contributed by atoms with Gasteiger partial charge in [0.15, 0.2) is 5.65 Å². The first-order valence-corrected chi connectivity index (χ1v) is 15.4. The van der Waals surface area contributed by atoms with Crippen molar-refractivity contribution in [2.24, 2.45) is 0 Å². The van der Waals surface area contributed by atoms with Crippen LogP contribution in [-0.2, 0) is 4.74 Å². The van der Waals surface area contributed by atoms with Crippen molar-refractivity contribution in [1.82, 2.24) is 29.4 Å². The molecule has 0 radical (unpaired) electrons. The summed E-state index contributed by atoms with van der Waals surface area (Å²) in [5.74, 6) is -1.24. The summed E-state index contributed by atoms with van der Waals surface area (Å²) in [6.07, 6.45) is 5.32. The molecular formula is C33H34F3N7O2. The average molecular weight is 618 g/mol. The van der Waals surface area contributed by atoms with E-state index in [4.69, 9.17) is 9.72 Å². The molecule has 0 unspecified atom stereocenters. The molecule has 234 valence electrons. The first-order chi connectivity index (χ1) is 21.7. The Morgan fingerprint density at radius 2 is 1.67 bits per heavy atom. The molecule has 3 aliphatic rings. The summed E-state index contributed by atoms with van der Waals surface area (Å²) in [4.78, 5) is 36.8. The second-order valence-electron chi connectivity index (χ2n) is 12.4. The number of halogens is 3. The molecule has 0 N–H and O–H groups in total. The lowest BCUT2D eigenvalue weighted by atomic mass is 10.1. The lowest BCUT2D eigenvalue weighted by Crippen LogP contribution is -2.57. The Morgan fingerprint density at radius 3 is 2.31 bits per heavy atom. The summed E-state index contributed by atoms with van der Waals surface area (Å²) in [5, 5.41) is 0.331. The Morgan fingerprint density at radius 1 is 0.978 bits per heavy atom. The lowest BCUT2D eigenvalue weighted by Gasteiger charge is -2.44. The van der Waals surface area contributed by atoms with E-state index in [0.717, 1.165) is 37.1 Å². The van der Waals surface area contributed by atoms with Gasteiger partial charge in [0.2, 0.25) is 0 Å². The number of benzene rings is 1. The maximum atomic E-state index is 16.0. The molecule has 7 rings (SSSR count). The van der Waals surface area contributed by atoms with Gasteiger partial charge in [0.1, 0.15) is 35.3 Å². The van der Waals surface area contributed by atoms with Crippen LogP contribution in [0.3, 0.4) is 0 Å². The third kappa shape index (κ3) is 5.61. The van der Waals surface area contributed by atoms with Crippen molar-refractivity contribution in [2.45, 2.75) is 63.5 Å². The van der Waals surface area contributed by atoms with Crippen molar-refractivity contribution < 1.29 is 17.9 Å². The van der Waals surface area contributed by atoms with E-state index in [0.29, 0.717) is 30.0 Å². The van der Waals surface area contributed by atoms with Crippen LogP contribution in [0, 0.1) is 11.6 Å². The van der Waals surface area contributed by atoms with Crippen LogP contribution >= 0.6 is 0 Å². The number of ether oxygens (including phenoxy) is 1.